The molecule has 0 aliphatic carbocycles. The van der Waals surface area contributed by atoms with E-state index in [4.69, 9.17) is 0 Å². The minimum absolute atomic E-state index is 0.0951. The Labute approximate surface area is 117 Å². The van der Waals surface area contributed by atoms with Crippen molar-refractivity contribution in [2.45, 2.75) is 38.7 Å². The molecule has 1 aromatic heterocycles. The van der Waals surface area contributed by atoms with Crippen LogP contribution in [0.1, 0.15) is 37.0 Å². The lowest BCUT2D eigenvalue weighted by atomic mass is 10.1. The fourth-order valence-electron chi connectivity index (χ4n) is 2.12. The van der Waals surface area contributed by atoms with Gasteiger partial charge in [-0.05, 0) is 26.0 Å². The number of pyridine rings is 1. The number of hydrogen-bond acceptors (Lipinski definition) is 3. The van der Waals surface area contributed by atoms with Crippen LogP contribution in [0.15, 0.2) is 18.3 Å². The smallest absolute Gasteiger partial charge is 0.255 e. The average Bonchev–Trinajstić information content (AvgIpc) is 2.38. The van der Waals surface area contributed by atoms with Gasteiger partial charge in [0.1, 0.15) is 5.82 Å². The summed E-state index contributed by atoms with van der Waals surface area (Å²) in [4.78, 5) is 17.8. The van der Waals surface area contributed by atoms with Gasteiger partial charge in [-0.3, -0.25) is 4.79 Å². The zero-order valence-corrected chi connectivity index (χ0v) is 11.7. The topological polar surface area (TPSA) is 45.2 Å². The Kier molecular flexibility index (Phi) is 4.20. The molecule has 6 heteroatoms. The van der Waals surface area contributed by atoms with Gasteiger partial charge in [0.2, 0.25) is 0 Å². The maximum absolute atomic E-state index is 13.1. The number of amides is 1. The fraction of sp³-hybridized carbons (Fsp3) is 0.571. The monoisotopic (exact) mass is 283 g/mol. The van der Waals surface area contributed by atoms with Crippen molar-refractivity contribution in [3.8, 4) is 0 Å². The molecule has 1 aliphatic heterocycles. The standard InChI is InChI=1S/C14H19F2N3O/c1-10(2)18-12-4-3-11(9-17-12)13(20)19-7-5-14(15,16)6-8-19/h3-4,9-10H,5-8H2,1-2H3,(H,17,18). The summed E-state index contributed by atoms with van der Waals surface area (Å²) in [6, 6.07) is 3.66. The number of carbonyl (C=O) groups is 1. The third-order valence-electron chi connectivity index (χ3n) is 3.23. The van der Waals surface area contributed by atoms with Crippen LogP contribution in [-0.2, 0) is 0 Å². The van der Waals surface area contributed by atoms with E-state index in [1.165, 1.54) is 11.1 Å². The number of nitrogens with one attached hydrogen (secondary N) is 1. The number of halogens is 2. The van der Waals surface area contributed by atoms with Crippen molar-refractivity contribution in [1.29, 1.82) is 0 Å². The lowest BCUT2D eigenvalue weighted by molar-refractivity contribution is -0.0494. The Morgan fingerprint density at radius 2 is 2.00 bits per heavy atom. The highest BCUT2D eigenvalue weighted by Gasteiger charge is 2.35. The van der Waals surface area contributed by atoms with E-state index in [9.17, 15) is 13.6 Å². The number of alkyl halides is 2. The predicted octanol–water partition coefficient (Wildman–Crippen LogP) is 2.77. The number of likely N-dealkylation sites (tertiary alicyclic amines) is 1. The minimum atomic E-state index is -2.64. The van der Waals surface area contributed by atoms with Crippen LogP contribution in [-0.4, -0.2) is 40.8 Å². The van der Waals surface area contributed by atoms with Crippen LogP contribution >= 0.6 is 0 Å². The van der Waals surface area contributed by atoms with Crippen molar-refractivity contribution < 1.29 is 13.6 Å². The zero-order chi connectivity index (χ0) is 14.8. The van der Waals surface area contributed by atoms with Crippen LogP contribution in [0.2, 0.25) is 0 Å². The minimum Gasteiger partial charge on any atom is -0.368 e. The Bertz CT molecular complexity index is 464. The van der Waals surface area contributed by atoms with Crippen molar-refractivity contribution in [3.05, 3.63) is 23.9 Å². The quantitative estimate of drug-likeness (QED) is 0.927. The molecule has 1 N–H and O–H groups in total. The Morgan fingerprint density at radius 3 is 2.50 bits per heavy atom. The molecule has 20 heavy (non-hydrogen) atoms. The third kappa shape index (κ3) is 3.65. The molecule has 110 valence electrons. The second-order valence-corrected chi connectivity index (χ2v) is 5.38. The molecular formula is C14H19F2N3O. The highest BCUT2D eigenvalue weighted by molar-refractivity contribution is 5.94. The second-order valence-electron chi connectivity index (χ2n) is 5.38. The first-order chi connectivity index (χ1) is 9.37. The van der Waals surface area contributed by atoms with E-state index in [-0.39, 0.29) is 37.9 Å². The van der Waals surface area contributed by atoms with Crippen molar-refractivity contribution in [2.75, 3.05) is 18.4 Å². The van der Waals surface area contributed by atoms with E-state index in [1.807, 2.05) is 13.8 Å². The first-order valence-corrected chi connectivity index (χ1v) is 6.77. The summed E-state index contributed by atoms with van der Waals surface area (Å²) in [5.41, 5.74) is 0.435. The van der Waals surface area contributed by atoms with Crippen molar-refractivity contribution in [1.82, 2.24) is 9.88 Å². The van der Waals surface area contributed by atoms with Gasteiger partial charge in [0, 0.05) is 38.2 Å². The highest BCUT2D eigenvalue weighted by atomic mass is 19.3. The molecule has 0 aromatic carbocycles. The van der Waals surface area contributed by atoms with Crippen LogP contribution in [0.3, 0.4) is 0 Å². The lowest BCUT2D eigenvalue weighted by Crippen LogP contribution is -2.42. The van der Waals surface area contributed by atoms with E-state index in [0.717, 1.165) is 0 Å². The van der Waals surface area contributed by atoms with Crippen molar-refractivity contribution in [3.63, 3.8) is 0 Å². The van der Waals surface area contributed by atoms with Gasteiger partial charge in [-0.2, -0.15) is 0 Å². The molecule has 2 heterocycles. The molecule has 0 radical (unpaired) electrons. The SMILES string of the molecule is CC(C)Nc1ccc(C(=O)N2CCC(F)(F)CC2)cn1. The number of anilines is 1. The maximum atomic E-state index is 13.1. The summed E-state index contributed by atoms with van der Waals surface area (Å²) >= 11 is 0. The molecule has 0 saturated carbocycles. The van der Waals surface area contributed by atoms with Gasteiger partial charge in [0.25, 0.3) is 11.8 Å². The first kappa shape index (κ1) is 14.7. The van der Waals surface area contributed by atoms with Crippen molar-refractivity contribution in [2.24, 2.45) is 0 Å². The number of carbonyl (C=O) groups excluding carboxylic acids is 1. The summed E-state index contributed by atoms with van der Waals surface area (Å²) in [7, 11) is 0. The number of aromatic nitrogens is 1. The van der Waals surface area contributed by atoms with E-state index in [2.05, 4.69) is 10.3 Å². The molecule has 0 unspecified atom stereocenters. The number of hydrogen-bond donors (Lipinski definition) is 1. The van der Waals surface area contributed by atoms with E-state index >= 15 is 0 Å². The Balaban J connectivity index is 1.99. The largest absolute Gasteiger partial charge is 0.368 e. The maximum Gasteiger partial charge on any atom is 0.255 e. The molecule has 1 aromatic rings. The molecule has 0 bridgehead atoms. The fourth-order valence-corrected chi connectivity index (χ4v) is 2.12. The second kappa shape index (κ2) is 5.73. The van der Waals surface area contributed by atoms with Gasteiger partial charge in [-0.15, -0.1) is 0 Å². The van der Waals surface area contributed by atoms with Crippen molar-refractivity contribution >= 4 is 11.7 Å². The number of nitrogens with zero attached hydrogens (tertiary/aromatic N) is 2. The Morgan fingerprint density at radius 1 is 1.35 bits per heavy atom. The molecule has 1 saturated heterocycles. The van der Waals surface area contributed by atoms with Gasteiger partial charge in [0.05, 0.1) is 5.56 Å². The summed E-state index contributed by atoms with van der Waals surface area (Å²) in [6.07, 6.45) is 0.956. The molecule has 4 nitrogen and oxygen atoms in total. The molecule has 1 aliphatic rings. The van der Waals surface area contributed by atoms with Crippen LogP contribution in [0.5, 0.6) is 0 Å². The van der Waals surface area contributed by atoms with Gasteiger partial charge in [-0.25, -0.2) is 13.8 Å². The molecule has 1 fully saturated rings. The van der Waals surface area contributed by atoms with Crippen LogP contribution in [0.25, 0.3) is 0 Å². The van der Waals surface area contributed by atoms with Gasteiger partial charge < -0.3 is 10.2 Å². The molecular weight excluding hydrogens is 264 g/mol. The summed E-state index contributed by atoms with van der Waals surface area (Å²) in [5.74, 6) is -2.18. The summed E-state index contributed by atoms with van der Waals surface area (Å²) < 4.78 is 26.1. The Hall–Kier alpha value is -1.72. The van der Waals surface area contributed by atoms with Crippen LogP contribution in [0.4, 0.5) is 14.6 Å². The van der Waals surface area contributed by atoms with Gasteiger partial charge in [0.15, 0.2) is 0 Å². The normalized spacial score (nSPS) is 18.1. The molecule has 0 atom stereocenters. The predicted molar refractivity (Wildman–Crippen MR) is 73.1 cm³/mol. The molecule has 1 amide bonds. The zero-order valence-electron chi connectivity index (χ0n) is 11.7. The lowest BCUT2D eigenvalue weighted by Gasteiger charge is -2.31. The van der Waals surface area contributed by atoms with E-state index < -0.39 is 5.92 Å². The summed E-state index contributed by atoms with van der Waals surface area (Å²) in [6.45, 7) is 4.18. The first-order valence-electron chi connectivity index (χ1n) is 6.77. The van der Waals surface area contributed by atoms with Crippen LogP contribution < -0.4 is 5.32 Å². The molecule has 2 rings (SSSR count). The molecule has 0 spiro atoms. The number of rotatable bonds is 3. The summed E-state index contributed by atoms with van der Waals surface area (Å²) in [5, 5.41) is 3.13. The number of piperidine rings is 1. The van der Waals surface area contributed by atoms with E-state index in [0.29, 0.717) is 11.4 Å². The van der Waals surface area contributed by atoms with Gasteiger partial charge in [-0.1, -0.05) is 0 Å². The third-order valence-corrected chi connectivity index (χ3v) is 3.23. The average molecular weight is 283 g/mol. The van der Waals surface area contributed by atoms with E-state index in [1.54, 1.807) is 12.1 Å². The van der Waals surface area contributed by atoms with Gasteiger partial charge >= 0.3 is 0 Å². The highest BCUT2D eigenvalue weighted by Crippen LogP contribution is 2.28. The van der Waals surface area contributed by atoms with Crippen LogP contribution in [0, 0.1) is 0 Å².